The van der Waals surface area contributed by atoms with E-state index in [0.29, 0.717) is 18.8 Å². The van der Waals surface area contributed by atoms with Gasteiger partial charge < -0.3 is 24.4 Å². The van der Waals surface area contributed by atoms with Crippen LogP contribution in [0.3, 0.4) is 0 Å². The molecule has 2 aliphatic rings. The molecule has 1 aromatic heterocycles. The van der Waals surface area contributed by atoms with Crippen molar-refractivity contribution in [2.75, 3.05) is 52.9 Å². The molecule has 1 saturated heterocycles. The number of hydrogen-bond donors (Lipinski definition) is 1. The Labute approximate surface area is 191 Å². The number of halogens is 1. The quantitative estimate of drug-likeness (QED) is 0.357. The molecule has 164 valence electrons. The van der Waals surface area contributed by atoms with E-state index in [2.05, 4.69) is 29.1 Å². The van der Waals surface area contributed by atoms with Gasteiger partial charge in [-0.15, -0.1) is 24.0 Å². The van der Waals surface area contributed by atoms with Crippen molar-refractivity contribution in [1.29, 1.82) is 0 Å². The zero-order valence-corrected chi connectivity index (χ0v) is 20.1. The van der Waals surface area contributed by atoms with Crippen LogP contribution < -0.4 is 5.32 Å². The zero-order valence-electron chi connectivity index (χ0n) is 17.8. The van der Waals surface area contributed by atoms with Gasteiger partial charge in [-0.2, -0.15) is 0 Å². The molecule has 2 heterocycles. The van der Waals surface area contributed by atoms with Crippen LogP contribution in [-0.4, -0.2) is 85.5 Å². The third kappa shape index (κ3) is 6.87. The van der Waals surface area contributed by atoms with Crippen molar-refractivity contribution >= 4 is 35.8 Å². The Balaban J connectivity index is 0.00000300. The molecule has 0 aromatic carbocycles. The lowest BCUT2D eigenvalue weighted by atomic mass is 9.94. The minimum absolute atomic E-state index is 0. The summed E-state index contributed by atoms with van der Waals surface area (Å²) in [6.07, 6.45) is 8.31. The summed E-state index contributed by atoms with van der Waals surface area (Å²) in [6.45, 7) is 7.70. The Bertz CT molecular complexity index is 623. The molecule has 2 fully saturated rings. The Morgan fingerprint density at radius 3 is 2.52 bits per heavy atom. The fraction of sp³-hybridized carbons (Fsp3) is 0.714. The average Bonchev–Trinajstić information content (AvgIpc) is 3.28. The number of piperazine rings is 1. The fourth-order valence-electron chi connectivity index (χ4n) is 4.12. The average molecular weight is 517 g/mol. The molecular formula is C21H36IN5O2. The molecule has 0 unspecified atom stereocenters. The third-order valence-corrected chi connectivity index (χ3v) is 5.85. The number of furan rings is 1. The highest BCUT2D eigenvalue weighted by Crippen LogP contribution is 2.21. The first-order valence-corrected chi connectivity index (χ1v) is 10.8. The molecule has 0 spiro atoms. The topological polar surface area (TPSA) is 64.3 Å². The van der Waals surface area contributed by atoms with Gasteiger partial charge in [0.15, 0.2) is 11.7 Å². The molecule has 8 heteroatoms. The highest BCUT2D eigenvalue weighted by Gasteiger charge is 2.25. The normalized spacial score (nSPS) is 18.7. The number of guanidine groups is 1. The summed E-state index contributed by atoms with van der Waals surface area (Å²) in [6, 6.07) is 4.20. The predicted octanol–water partition coefficient (Wildman–Crippen LogP) is 2.89. The van der Waals surface area contributed by atoms with Gasteiger partial charge in [-0.25, -0.2) is 0 Å². The van der Waals surface area contributed by atoms with E-state index in [1.165, 1.54) is 32.1 Å². The summed E-state index contributed by atoms with van der Waals surface area (Å²) in [4.78, 5) is 23.9. The first-order chi connectivity index (χ1) is 13.7. The number of hydrogen-bond acceptors (Lipinski definition) is 4. The van der Waals surface area contributed by atoms with E-state index < -0.39 is 0 Å². The van der Waals surface area contributed by atoms with Crippen molar-refractivity contribution in [3.63, 3.8) is 0 Å². The van der Waals surface area contributed by atoms with E-state index in [1.54, 1.807) is 18.4 Å². The summed E-state index contributed by atoms with van der Waals surface area (Å²) >= 11 is 0. The van der Waals surface area contributed by atoms with Crippen molar-refractivity contribution in [1.82, 2.24) is 20.0 Å². The van der Waals surface area contributed by atoms with Crippen molar-refractivity contribution in [2.24, 2.45) is 4.99 Å². The van der Waals surface area contributed by atoms with Crippen LogP contribution in [0, 0.1) is 0 Å². The number of nitrogens with zero attached hydrogens (tertiary/aromatic N) is 4. The highest BCUT2D eigenvalue weighted by molar-refractivity contribution is 14.0. The minimum Gasteiger partial charge on any atom is -0.459 e. The van der Waals surface area contributed by atoms with Crippen molar-refractivity contribution in [3.8, 4) is 0 Å². The monoisotopic (exact) mass is 517 g/mol. The largest absolute Gasteiger partial charge is 0.459 e. The molecule has 1 aromatic rings. The van der Waals surface area contributed by atoms with E-state index in [-0.39, 0.29) is 29.9 Å². The molecule has 3 rings (SSSR count). The van der Waals surface area contributed by atoms with Crippen molar-refractivity contribution in [2.45, 2.75) is 45.1 Å². The number of nitrogens with one attached hydrogen (secondary N) is 1. The SMILES string of the molecule is CCNC(=NCCN(C)C1CCCCC1)N1CCN(C(=O)c2ccco2)CC1.I. The second-order valence-electron chi connectivity index (χ2n) is 7.76. The van der Waals surface area contributed by atoms with E-state index in [0.717, 1.165) is 44.7 Å². The second kappa shape index (κ2) is 12.4. The molecule has 29 heavy (non-hydrogen) atoms. The number of carbonyl (C=O) groups is 1. The Kier molecular flexibility index (Phi) is 10.3. The lowest BCUT2D eigenvalue weighted by Crippen LogP contribution is -2.53. The van der Waals surface area contributed by atoms with Crippen molar-refractivity contribution < 1.29 is 9.21 Å². The lowest BCUT2D eigenvalue weighted by Gasteiger charge is -2.36. The van der Waals surface area contributed by atoms with Crippen LogP contribution in [0.4, 0.5) is 0 Å². The molecule has 1 saturated carbocycles. The number of amides is 1. The van der Waals surface area contributed by atoms with Gasteiger partial charge in [-0.1, -0.05) is 19.3 Å². The van der Waals surface area contributed by atoms with Gasteiger partial charge >= 0.3 is 0 Å². The van der Waals surface area contributed by atoms with Gasteiger partial charge in [0.25, 0.3) is 5.91 Å². The van der Waals surface area contributed by atoms with Gasteiger partial charge in [-0.3, -0.25) is 9.79 Å². The number of aliphatic imine (C=N–C) groups is 1. The first kappa shape index (κ1) is 24.0. The van der Waals surface area contributed by atoms with E-state index in [9.17, 15) is 4.79 Å². The molecule has 1 amide bonds. The van der Waals surface area contributed by atoms with Crippen LogP contribution in [0.1, 0.15) is 49.6 Å². The molecule has 0 radical (unpaired) electrons. The van der Waals surface area contributed by atoms with Gasteiger partial charge in [0.05, 0.1) is 12.8 Å². The van der Waals surface area contributed by atoms with Crippen LogP contribution >= 0.6 is 24.0 Å². The van der Waals surface area contributed by atoms with Gasteiger partial charge in [0, 0.05) is 45.3 Å². The minimum atomic E-state index is -0.0271. The van der Waals surface area contributed by atoms with Crippen LogP contribution in [-0.2, 0) is 0 Å². The maximum absolute atomic E-state index is 12.4. The summed E-state index contributed by atoms with van der Waals surface area (Å²) in [5, 5.41) is 3.41. The van der Waals surface area contributed by atoms with E-state index in [4.69, 9.17) is 9.41 Å². The zero-order chi connectivity index (χ0) is 19.8. The number of rotatable bonds is 6. The summed E-state index contributed by atoms with van der Waals surface area (Å²) < 4.78 is 5.24. The Morgan fingerprint density at radius 1 is 1.21 bits per heavy atom. The Hall–Kier alpha value is -1.29. The summed E-state index contributed by atoms with van der Waals surface area (Å²) in [7, 11) is 2.23. The maximum Gasteiger partial charge on any atom is 0.289 e. The van der Waals surface area contributed by atoms with Gasteiger partial charge in [0.1, 0.15) is 0 Å². The summed E-state index contributed by atoms with van der Waals surface area (Å²) in [5.41, 5.74) is 0. The molecule has 0 bridgehead atoms. The Morgan fingerprint density at radius 2 is 1.90 bits per heavy atom. The molecule has 0 atom stereocenters. The van der Waals surface area contributed by atoms with E-state index >= 15 is 0 Å². The first-order valence-electron chi connectivity index (χ1n) is 10.8. The van der Waals surface area contributed by atoms with Gasteiger partial charge in [-0.05, 0) is 38.9 Å². The smallest absolute Gasteiger partial charge is 0.289 e. The van der Waals surface area contributed by atoms with Crippen LogP contribution in [0.25, 0.3) is 0 Å². The highest BCUT2D eigenvalue weighted by atomic mass is 127. The maximum atomic E-state index is 12.4. The van der Waals surface area contributed by atoms with E-state index in [1.807, 2.05) is 4.90 Å². The third-order valence-electron chi connectivity index (χ3n) is 5.85. The van der Waals surface area contributed by atoms with Crippen molar-refractivity contribution in [3.05, 3.63) is 24.2 Å². The molecule has 1 N–H and O–H groups in total. The molecule has 7 nitrogen and oxygen atoms in total. The van der Waals surface area contributed by atoms with Gasteiger partial charge in [0.2, 0.25) is 0 Å². The second-order valence-corrected chi connectivity index (χ2v) is 7.76. The molecular weight excluding hydrogens is 481 g/mol. The van der Waals surface area contributed by atoms with Crippen LogP contribution in [0.5, 0.6) is 0 Å². The predicted molar refractivity (Wildman–Crippen MR) is 127 cm³/mol. The lowest BCUT2D eigenvalue weighted by molar-refractivity contribution is 0.0657. The number of carbonyl (C=O) groups excluding carboxylic acids is 1. The fourth-order valence-corrected chi connectivity index (χ4v) is 4.12. The summed E-state index contributed by atoms with van der Waals surface area (Å²) in [5.74, 6) is 1.35. The standard InChI is InChI=1S/C21H35N5O2.HI/c1-3-22-21(23-11-12-24(2)18-8-5-4-6-9-18)26-15-13-25(14-16-26)20(27)19-10-7-17-28-19;/h7,10,17-18H,3-6,8-9,11-16H2,1-2H3,(H,22,23);1H. The van der Waals surface area contributed by atoms with Crippen LogP contribution in [0.2, 0.25) is 0 Å². The molecule has 1 aliphatic heterocycles. The number of likely N-dealkylation sites (N-methyl/N-ethyl adjacent to an activating group) is 1. The van der Waals surface area contributed by atoms with Crippen LogP contribution in [0.15, 0.2) is 27.8 Å². The molecule has 1 aliphatic carbocycles.